The van der Waals surface area contributed by atoms with Crippen molar-refractivity contribution in [3.8, 4) is 5.75 Å². The first-order chi connectivity index (χ1) is 10.6. The van der Waals surface area contributed by atoms with Crippen LogP contribution in [0.2, 0.25) is 0 Å². The normalized spacial score (nSPS) is 10.5. The van der Waals surface area contributed by atoms with E-state index in [-0.39, 0.29) is 5.91 Å². The molecule has 0 spiro atoms. The number of benzene rings is 1. The van der Waals surface area contributed by atoms with Gasteiger partial charge in [-0.15, -0.1) is 0 Å². The summed E-state index contributed by atoms with van der Waals surface area (Å²) in [4.78, 5) is 11.9. The summed E-state index contributed by atoms with van der Waals surface area (Å²) < 4.78 is 7.60. The van der Waals surface area contributed by atoms with Crippen LogP contribution in [-0.4, -0.2) is 27.8 Å². The molecule has 0 atom stereocenters. The van der Waals surface area contributed by atoms with Crippen molar-refractivity contribution in [1.29, 1.82) is 0 Å². The topological polar surface area (TPSA) is 71.9 Å². The zero-order valence-corrected chi connectivity index (χ0v) is 13.6. The number of hydrogen-bond acceptors (Lipinski definition) is 4. The Hall–Kier alpha value is -2.15. The van der Waals surface area contributed by atoms with Gasteiger partial charge in [0, 0.05) is 13.0 Å². The highest BCUT2D eigenvalue weighted by Crippen LogP contribution is 2.13. The van der Waals surface area contributed by atoms with Gasteiger partial charge in [-0.1, -0.05) is 12.1 Å². The van der Waals surface area contributed by atoms with E-state index in [0.29, 0.717) is 24.2 Å². The number of aromatic amines is 1. The van der Waals surface area contributed by atoms with Crippen LogP contribution in [-0.2, 0) is 24.3 Å². The molecule has 118 valence electrons. The summed E-state index contributed by atoms with van der Waals surface area (Å²) in [7, 11) is 1.63. The third-order valence-corrected chi connectivity index (χ3v) is 3.68. The third kappa shape index (κ3) is 4.17. The first kappa shape index (κ1) is 16.2. The molecule has 0 bridgehead atoms. The van der Waals surface area contributed by atoms with E-state index in [0.717, 1.165) is 23.7 Å². The summed E-state index contributed by atoms with van der Waals surface area (Å²) in [5.41, 5.74) is 1.07. The molecule has 1 amide bonds. The maximum absolute atomic E-state index is 11.9. The SMILES string of the molecule is CCn1c(CNC(=O)CCc2cccc(OC)c2)n[nH]c1=S. The number of rotatable bonds is 7. The van der Waals surface area contributed by atoms with Gasteiger partial charge in [-0.3, -0.25) is 9.89 Å². The van der Waals surface area contributed by atoms with Crippen LogP contribution in [0.5, 0.6) is 5.75 Å². The number of carbonyl (C=O) groups is 1. The minimum atomic E-state index is -0.0145. The lowest BCUT2D eigenvalue weighted by Gasteiger charge is -2.07. The summed E-state index contributed by atoms with van der Waals surface area (Å²) in [5, 5.41) is 9.71. The lowest BCUT2D eigenvalue weighted by Crippen LogP contribution is -2.25. The number of amides is 1. The van der Waals surface area contributed by atoms with Crippen molar-refractivity contribution in [2.45, 2.75) is 32.9 Å². The molecule has 0 fully saturated rings. The number of nitrogens with one attached hydrogen (secondary N) is 2. The summed E-state index contributed by atoms with van der Waals surface area (Å²) in [6.07, 6.45) is 1.09. The van der Waals surface area contributed by atoms with Crippen molar-refractivity contribution in [3.63, 3.8) is 0 Å². The second-order valence-electron chi connectivity index (χ2n) is 4.82. The molecule has 2 rings (SSSR count). The smallest absolute Gasteiger partial charge is 0.220 e. The van der Waals surface area contributed by atoms with E-state index in [1.807, 2.05) is 35.8 Å². The van der Waals surface area contributed by atoms with Gasteiger partial charge in [0.1, 0.15) is 5.75 Å². The van der Waals surface area contributed by atoms with Crippen LogP contribution < -0.4 is 10.1 Å². The number of hydrogen-bond donors (Lipinski definition) is 2. The number of ether oxygens (including phenoxy) is 1. The number of methoxy groups -OCH3 is 1. The Morgan fingerprint density at radius 2 is 2.32 bits per heavy atom. The largest absolute Gasteiger partial charge is 0.497 e. The fourth-order valence-corrected chi connectivity index (χ4v) is 2.44. The lowest BCUT2D eigenvalue weighted by atomic mass is 10.1. The van der Waals surface area contributed by atoms with Crippen LogP contribution in [0.1, 0.15) is 24.7 Å². The molecule has 1 aromatic heterocycles. The highest BCUT2D eigenvalue weighted by molar-refractivity contribution is 7.71. The van der Waals surface area contributed by atoms with Gasteiger partial charge in [-0.05, 0) is 43.3 Å². The summed E-state index contributed by atoms with van der Waals surface area (Å²) in [6, 6.07) is 7.73. The maximum Gasteiger partial charge on any atom is 0.220 e. The van der Waals surface area contributed by atoms with Gasteiger partial charge in [0.05, 0.1) is 13.7 Å². The van der Waals surface area contributed by atoms with Crippen LogP contribution in [0.4, 0.5) is 0 Å². The summed E-state index contributed by atoms with van der Waals surface area (Å²) >= 11 is 5.11. The van der Waals surface area contributed by atoms with Crippen molar-refractivity contribution in [2.75, 3.05) is 7.11 Å². The molecular weight excluding hydrogens is 300 g/mol. The Morgan fingerprint density at radius 1 is 1.50 bits per heavy atom. The van der Waals surface area contributed by atoms with E-state index in [2.05, 4.69) is 15.5 Å². The van der Waals surface area contributed by atoms with Gasteiger partial charge >= 0.3 is 0 Å². The van der Waals surface area contributed by atoms with Gasteiger partial charge in [-0.25, -0.2) is 0 Å². The monoisotopic (exact) mass is 320 g/mol. The van der Waals surface area contributed by atoms with Crippen LogP contribution in [0.15, 0.2) is 24.3 Å². The van der Waals surface area contributed by atoms with Crippen molar-refractivity contribution in [3.05, 3.63) is 40.4 Å². The highest BCUT2D eigenvalue weighted by atomic mass is 32.1. The predicted molar refractivity (Wildman–Crippen MR) is 86.2 cm³/mol. The number of aryl methyl sites for hydroxylation is 1. The van der Waals surface area contributed by atoms with Gasteiger partial charge < -0.3 is 14.6 Å². The molecule has 1 aromatic carbocycles. The van der Waals surface area contributed by atoms with E-state index < -0.39 is 0 Å². The Labute approximate surface area is 134 Å². The molecule has 0 saturated carbocycles. The minimum Gasteiger partial charge on any atom is -0.497 e. The lowest BCUT2D eigenvalue weighted by molar-refractivity contribution is -0.121. The van der Waals surface area contributed by atoms with Crippen LogP contribution in [0.3, 0.4) is 0 Å². The van der Waals surface area contributed by atoms with Gasteiger partial charge in [0.15, 0.2) is 10.6 Å². The van der Waals surface area contributed by atoms with Crippen molar-refractivity contribution < 1.29 is 9.53 Å². The predicted octanol–water partition coefficient (Wildman–Crippen LogP) is 2.22. The molecule has 6 nitrogen and oxygen atoms in total. The molecule has 2 aromatic rings. The van der Waals surface area contributed by atoms with E-state index >= 15 is 0 Å². The molecule has 0 aliphatic heterocycles. The standard InChI is InChI=1S/C15H20N4O2S/c1-3-19-13(17-18-15(19)22)10-16-14(20)8-7-11-5-4-6-12(9-11)21-2/h4-6,9H,3,7-8,10H2,1-2H3,(H,16,20)(H,18,22). The number of aromatic nitrogens is 3. The molecule has 1 heterocycles. The van der Waals surface area contributed by atoms with Crippen molar-refractivity contribution in [2.24, 2.45) is 0 Å². The second kappa shape index (κ2) is 7.74. The fraction of sp³-hybridized carbons (Fsp3) is 0.400. The van der Waals surface area contributed by atoms with Crippen molar-refractivity contribution in [1.82, 2.24) is 20.1 Å². The first-order valence-corrected chi connectivity index (χ1v) is 7.58. The van der Waals surface area contributed by atoms with E-state index in [4.69, 9.17) is 17.0 Å². The third-order valence-electron chi connectivity index (χ3n) is 3.37. The average molecular weight is 320 g/mol. The molecular formula is C15H20N4O2S. The summed E-state index contributed by atoms with van der Waals surface area (Å²) in [5.74, 6) is 1.53. The fourth-order valence-electron chi connectivity index (χ4n) is 2.16. The zero-order chi connectivity index (χ0) is 15.9. The van der Waals surface area contributed by atoms with E-state index in [1.165, 1.54) is 0 Å². The molecule has 0 aliphatic rings. The molecule has 2 N–H and O–H groups in total. The van der Waals surface area contributed by atoms with Gasteiger partial charge in [0.2, 0.25) is 5.91 Å². The number of H-pyrrole nitrogens is 1. The molecule has 7 heteroatoms. The second-order valence-corrected chi connectivity index (χ2v) is 5.20. The number of carbonyl (C=O) groups excluding carboxylic acids is 1. The van der Waals surface area contributed by atoms with Crippen molar-refractivity contribution >= 4 is 18.1 Å². The molecule has 0 saturated heterocycles. The minimum absolute atomic E-state index is 0.0145. The number of nitrogens with zero attached hydrogens (tertiary/aromatic N) is 2. The quantitative estimate of drug-likeness (QED) is 0.767. The Kier molecular flexibility index (Phi) is 5.71. The molecule has 0 radical (unpaired) electrons. The van der Waals surface area contributed by atoms with E-state index in [1.54, 1.807) is 7.11 Å². The summed E-state index contributed by atoms with van der Waals surface area (Å²) in [6.45, 7) is 3.09. The first-order valence-electron chi connectivity index (χ1n) is 7.17. The molecule has 22 heavy (non-hydrogen) atoms. The average Bonchev–Trinajstić information content (AvgIpc) is 2.91. The Bertz CT molecular complexity index is 693. The molecule has 0 aliphatic carbocycles. The molecule has 0 unspecified atom stereocenters. The van der Waals surface area contributed by atoms with Crippen LogP contribution in [0.25, 0.3) is 0 Å². The zero-order valence-electron chi connectivity index (χ0n) is 12.8. The van der Waals surface area contributed by atoms with Gasteiger partial charge in [0.25, 0.3) is 0 Å². The highest BCUT2D eigenvalue weighted by Gasteiger charge is 2.07. The maximum atomic E-state index is 11.9. The van der Waals surface area contributed by atoms with Crippen LogP contribution in [0, 0.1) is 4.77 Å². The Morgan fingerprint density at radius 3 is 3.05 bits per heavy atom. The van der Waals surface area contributed by atoms with Crippen LogP contribution >= 0.6 is 12.2 Å². The van der Waals surface area contributed by atoms with E-state index in [9.17, 15) is 4.79 Å². The van der Waals surface area contributed by atoms with Gasteiger partial charge in [-0.2, -0.15) is 5.10 Å². The Balaban J connectivity index is 1.84.